The maximum Gasteiger partial charge on any atom is 0.262 e. The lowest BCUT2D eigenvalue weighted by Crippen LogP contribution is -2.40. The van der Waals surface area contributed by atoms with Crippen molar-refractivity contribution in [3.8, 4) is 17.2 Å². The summed E-state index contributed by atoms with van der Waals surface area (Å²) in [5.41, 5.74) is 0.329. The van der Waals surface area contributed by atoms with Crippen LogP contribution in [0.15, 0.2) is 47.4 Å². The van der Waals surface area contributed by atoms with Gasteiger partial charge < -0.3 is 19.5 Å². The molecular formula is C17H16N2O6S. The zero-order chi connectivity index (χ0) is 18.1. The van der Waals surface area contributed by atoms with Crippen LogP contribution in [-0.4, -0.2) is 40.2 Å². The molecule has 2 aliphatic heterocycles. The number of anilines is 1. The lowest BCUT2D eigenvalue weighted by Gasteiger charge is -2.26. The van der Waals surface area contributed by atoms with Crippen LogP contribution in [0.4, 0.5) is 5.69 Å². The van der Waals surface area contributed by atoms with Gasteiger partial charge in [-0.2, -0.15) is 0 Å². The van der Waals surface area contributed by atoms with Crippen LogP contribution in [0.1, 0.15) is 0 Å². The molecule has 0 unspecified atom stereocenters. The fourth-order valence-electron chi connectivity index (χ4n) is 2.68. The normalized spacial score (nSPS) is 18.5. The monoisotopic (exact) mass is 376 g/mol. The van der Waals surface area contributed by atoms with Crippen molar-refractivity contribution in [2.24, 2.45) is 0 Å². The third-order valence-electron chi connectivity index (χ3n) is 3.96. The second kappa shape index (κ2) is 6.50. The first kappa shape index (κ1) is 16.7. The summed E-state index contributed by atoms with van der Waals surface area (Å²) in [5.74, 6) is 1.32. The summed E-state index contributed by atoms with van der Waals surface area (Å²) in [6.45, 7) is 0.210. The van der Waals surface area contributed by atoms with Crippen LogP contribution in [0.25, 0.3) is 0 Å². The zero-order valence-corrected chi connectivity index (χ0v) is 14.4. The lowest BCUT2D eigenvalue weighted by atomic mass is 10.2. The van der Waals surface area contributed by atoms with Crippen molar-refractivity contribution in [1.29, 1.82) is 0 Å². The Bertz CT molecular complexity index is 959. The molecule has 0 spiro atoms. The molecule has 1 atom stereocenters. The molecule has 136 valence electrons. The number of rotatable bonds is 4. The Balaban J connectivity index is 1.45. The minimum Gasteiger partial charge on any atom is -0.486 e. The van der Waals surface area contributed by atoms with Crippen LogP contribution in [0.2, 0.25) is 0 Å². The molecule has 2 heterocycles. The smallest absolute Gasteiger partial charge is 0.262 e. The van der Waals surface area contributed by atoms with Crippen molar-refractivity contribution >= 4 is 21.6 Å². The van der Waals surface area contributed by atoms with Crippen molar-refractivity contribution in [2.75, 3.05) is 25.1 Å². The van der Waals surface area contributed by atoms with E-state index < -0.39 is 16.1 Å². The Hall–Kier alpha value is -2.78. The van der Waals surface area contributed by atoms with Crippen molar-refractivity contribution < 1.29 is 27.4 Å². The summed E-state index contributed by atoms with van der Waals surface area (Å²) in [5, 5.41) is 2.59. The molecule has 0 aliphatic carbocycles. The number of nitrogens with one attached hydrogen (secondary N) is 2. The van der Waals surface area contributed by atoms with Gasteiger partial charge in [-0.1, -0.05) is 12.1 Å². The number of sulfonamides is 1. The number of amides is 1. The maximum absolute atomic E-state index is 12.5. The molecule has 2 N–H and O–H groups in total. The van der Waals surface area contributed by atoms with E-state index in [1.54, 1.807) is 12.1 Å². The fourth-order valence-corrected chi connectivity index (χ4v) is 3.77. The van der Waals surface area contributed by atoms with Crippen LogP contribution in [0.3, 0.4) is 0 Å². The van der Waals surface area contributed by atoms with Crippen LogP contribution < -0.4 is 24.2 Å². The highest BCUT2D eigenvalue weighted by atomic mass is 32.2. The Morgan fingerprint density at radius 2 is 1.88 bits per heavy atom. The predicted octanol–water partition coefficient (Wildman–Crippen LogP) is 1.14. The molecule has 0 saturated carbocycles. The van der Waals surface area contributed by atoms with Gasteiger partial charge in [-0.15, -0.1) is 0 Å². The summed E-state index contributed by atoms with van der Waals surface area (Å²) >= 11 is 0. The second-order valence-electron chi connectivity index (χ2n) is 5.84. The maximum atomic E-state index is 12.5. The minimum absolute atomic E-state index is 0.0270. The van der Waals surface area contributed by atoms with E-state index in [9.17, 15) is 13.2 Å². The highest BCUT2D eigenvalue weighted by Crippen LogP contribution is 2.31. The first-order valence-corrected chi connectivity index (χ1v) is 9.44. The van der Waals surface area contributed by atoms with Crippen molar-refractivity contribution in [3.63, 3.8) is 0 Å². The molecule has 0 saturated heterocycles. The molecule has 4 rings (SSSR count). The number of para-hydroxylation sites is 2. The number of ether oxygens (including phenoxy) is 3. The number of benzene rings is 2. The summed E-state index contributed by atoms with van der Waals surface area (Å²) in [6, 6.07) is 11.5. The molecule has 2 aromatic carbocycles. The van der Waals surface area contributed by atoms with E-state index in [0.717, 1.165) is 0 Å². The standard InChI is InChI=1S/C17H16N2O6S/c20-17-10-24-14-6-5-12(7-13(14)19-17)26(21,22)18-8-11-9-23-15-3-1-2-4-16(15)25-11/h1-7,11,18H,8-10H2,(H,19,20)/t11-/m0/s1. The van der Waals surface area contributed by atoms with Gasteiger partial charge in [-0.3, -0.25) is 4.79 Å². The quantitative estimate of drug-likeness (QED) is 0.829. The van der Waals surface area contributed by atoms with E-state index in [-0.39, 0.29) is 30.6 Å². The summed E-state index contributed by atoms with van der Waals surface area (Å²) < 4.78 is 44.1. The van der Waals surface area contributed by atoms with Crippen molar-refractivity contribution in [2.45, 2.75) is 11.0 Å². The lowest BCUT2D eigenvalue weighted by molar-refractivity contribution is -0.118. The summed E-state index contributed by atoms with van der Waals surface area (Å²) in [6.07, 6.45) is -0.444. The van der Waals surface area contributed by atoms with Gasteiger partial charge in [-0.05, 0) is 30.3 Å². The largest absolute Gasteiger partial charge is 0.486 e. The van der Waals surface area contributed by atoms with Gasteiger partial charge in [0.1, 0.15) is 18.5 Å². The van der Waals surface area contributed by atoms with E-state index in [0.29, 0.717) is 22.9 Å². The van der Waals surface area contributed by atoms with Crippen LogP contribution in [0, 0.1) is 0 Å². The van der Waals surface area contributed by atoms with E-state index in [1.165, 1.54) is 18.2 Å². The van der Waals surface area contributed by atoms with Gasteiger partial charge in [0, 0.05) is 0 Å². The van der Waals surface area contributed by atoms with Gasteiger partial charge in [0.2, 0.25) is 10.0 Å². The molecule has 0 aromatic heterocycles. The molecule has 2 aliphatic rings. The molecule has 0 fully saturated rings. The molecule has 9 heteroatoms. The molecule has 0 radical (unpaired) electrons. The average molecular weight is 376 g/mol. The summed E-state index contributed by atoms with van der Waals surface area (Å²) in [4.78, 5) is 11.4. The Labute approximate surface area is 150 Å². The SMILES string of the molecule is O=C1COc2ccc(S(=O)(=O)NC[C@H]3COc4ccccc4O3)cc2N1. The molecule has 0 bridgehead atoms. The summed E-state index contributed by atoms with van der Waals surface area (Å²) in [7, 11) is -3.78. The molecule has 1 amide bonds. The van der Waals surface area contributed by atoms with E-state index >= 15 is 0 Å². The number of fused-ring (bicyclic) bond motifs is 2. The van der Waals surface area contributed by atoms with E-state index in [1.807, 2.05) is 12.1 Å². The number of hydrogen-bond acceptors (Lipinski definition) is 6. The number of carbonyl (C=O) groups excluding carboxylic acids is 1. The van der Waals surface area contributed by atoms with Gasteiger partial charge in [0.15, 0.2) is 18.1 Å². The Morgan fingerprint density at radius 3 is 2.73 bits per heavy atom. The Morgan fingerprint density at radius 1 is 1.08 bits per heavy atom. The fraction of sp³-hybridized carbons (Fsp3) is 0.235. The second-order valence-corrected chi connectivity index (χ2v) is 7.61. The predicted molar refractivity (Wildman–Crippen MR) is 92.1 cm³/mol. The topological polar surface area (TPSA) is 103 Å². The zero-order valence-electron chi connectivity index (χ0n) is 13.6. The minimum atomic E-state index is -3.78. The highest BCUT2D eigenvalue weighted by molar-refractivity contribution is 7.89. The van der Waals surface area contributed by atoms with Crippen molar-refractivity contribution in [1.82, 2.24) is 4.72 Å². The van der Waals surface area contributed by atoms with Gasteiger partial charge >= 0.3 is 0 Å². The highest BCUT2D eigenvalue weighted by Gasteiger charge is 2.25. The van der Waals surface area contributed by atoms with Crippen LogP contribution in [0.5, 0.6) is 17.2 Å². The first-order valence-electron chi connectivity index (χ1n) is 7.96. The molecule has 8 nitrogen and oxygen atoms in total. The first-order chi connectivity index (χ1) is 12.5. The van der Waals surface area contributed by atoms with Crippen LogP contribution >= 0.6 is 0 Å². The molecule has 26 heavy (non-hydrogen) atoms. The Kier molecular flexibility index (Phi) is 4.17. The number of hydrogen-bond donors (Lipinski definition) is 2. The van der Waals surface area contributed by atoms with Crippen molar-refractivity contribution in [3.05, 3.63) is 42.5 Å². The average Bonchev–Trinajstić information content (AvgIpc) is 2.65. The van der Waals surface area contributed by atoms with Crippen LogP contribution in [-0.2, 0) is 14.8 Å². The molecular weight excluding hydrogens is 360 g/mol. The van der Waals surface area contributed by atoms with Gasteiger partial charge in [0.25, 0.3) is 5.91 Å². The van der Waals surface area contributed by atoms with E-state index in [4.69, 9.17) is 14.2 Å². The van der Waals surface area contributed by atoms with Gasteiger partial charge in [-0.25, -0.2) is 13.1 Å². The molecule has 2 aromatic rings. The van der Waals surface area contributed by atoms with E-state index in [2.05, 4.69) is 10.0 Å². The third-order valence-corrected chi connectivity index (χ3v) is 5.38. The number of carbonyl (C=O) groups is 1. The van der Waals surface area contributed by atoms with Gasteiger partial charge in [0.05, 0.1) is 17.1 Å². The third kappa shape index (κ3) is 3.31.